The number of hydrogen-bond acceptors (Lipinski definition) is 3. The van der Waals surface area contributed by atoms with Gasteiger partial charge in [-0.1, -0.05) is 29.8 Å². The minimum absolute atomic E-state index is 0.00327. The number of halogens is 1. The number of hydrazone groups is 1. The third kappa shape index (κ3) is 3.29. The molecule has 86 valence electrons. The van der Waals surface area contributed by atoms with Crippen LogP contribution in [0.4, 0.5) is 5.69 Å². The van der Waals surface area contributed by atoms with E-state index in [1.807, 2.05) is 12.2 Å². The third-order valence-corrected chi connectivity index (χ3v) is 2.49. The molecule has 2 rings (SSSR count). The quantitative estimate of drug-likeness (QED) is 0.815. The van der Waals surface area contributed by atoms with Gasteiger partial charge in [0.25, 0.3) is 0 Å². The van der Waals surface area contributed by atoms with Crippen LogP contribution in [0.2, 0.25) is 5.02 Å². The van der Waals surface area contributed by atoms with Gasteiger partial charge < -0.3 is 0 Å². The summed E-state index contributed by atoms with van der Waals surface area (Å²) in [6.07, 6.45) is 7.52. The molecule has 1 aliphatic rings. The van der Waals surface area contributed by atoms with Crippen molar-refractivity contribution in [2.45, 2.75) is 6.42 Å². The SMILES string of the molecule is O=C1CC=CC=C/C1=N/Nc1ccc(Cl)cc1. The summed E-state index contributed by atoms with van der Waals surface area (Å²) in [5, 5.41) is 4.74. The van der Waals surface area contributed by atoms with E-state index in [-0.39, 0.29) is 5.78 Å². The zero-order valence-electron chi connectivity index (χ0n) is 9.06. The molecule has 1 aliphatic carbocycles. The van der Waals surface area contributed by atoms with Crippen LogP contribution in [-0.4, -0.2) is 11.5 Å². The highest BCUT2D eigenvalue weighted by atomic mass is 35.5. The van der Waals surface area contributed by atoms with Crippen LogP contribution in [0.3, 0.4) is 0 Å². The number of carbonyl (C=O) groups excluding carboxylic acids is 1. The molecule has 0 radical (unpaired) electrons. The second-order valence-corrected chi connectivity index (χ2v) is 3.97. The summed E-state index contributed by atoms with van der Waals surface area (Å²) in [6.45, 7) is 0. The van der Waals surface area contributed by atoms with Gasteiger partial charge in [-0.3, -0.25) is 10.2 Å². The number of allylic oxidation sites excluding steroid dienone is 4. The van der Waals surface area contributed by atoms with Crippen molar-refractivity contribution in [2.75, 3.05) is 5.43 Å². The molecule has 4 heteroatoms. The van der Waals surface area contributed by atoms with Crippen molar-refractivity contribution in [3.8, 4) is 0 Å². The fraction of sp³-hybridized carbons (Fsp3) is 0.0769. The molecule has 0 aliphatic heterocycles. The summed E-state index contributed by atoms with van der Waals surface area (Å²) < 4.78 is 0. The largest absolute Gasteiger partial charge is 0.292 e. The summed E-state index contributed by atoms with van der Waals surface area (Å²) in [7, 11) is 0. The fourth-order valence-corrected chi connectivity index (χ4v) is 1.47. The Morgan fingerprint density at radius 2 is 1.94 bits per heavy atom. The molecule has 0 saturated heterocycles. The second-order valence-electron chi connectivity index (χ2n) is 3.53. The van der Waals surface area contributed by atoms with Gasteiger partial charge in [-0.25, -0.2) is 0 Å². The Kier molecular flexibility index (Phi) is 3.73. The Balaban J connectivity index is 2.09. The maximum absolute atomic E-state index is 11.6. The molecule has 0 atom stereocenters. The molecule has 3 nitrogen and oxygen atoms in total. The van der Waals surface area contributed by atoms with E-state index < -0.39 is 0 Å². The van der Waals surface area contributed by atoms with Crippen molar-refractivity contribution in [1.82, 2.24) is 0 Å². The van der Waals surface area contributed by atoms with Crippen LogP contribution in [0, 0.1) is 0 Å². The van der Waals surface area contributed by atoms with Gasteiger partial charge >= 0.3 is 0 Å². The van der Waals surface area contributed by atoms with Crippen LogP contribution in [0.15, 0.2) is 53.7 Å². The van der Waals surface area contributed by atoms with Crippen LogP contribution in [0.5, 0.6) is 0 Å². The van der Waals surface area contributed by atoms with Gasteiger partial charge in [0.05, 0.1) is 5.69 Å². The summed E-state index contributed by atoms with van der Waals surface area (Å²) in [6, 6.07) is 7.12. The maximum Gasteiger partial charge on any atom is 0.186 e. The molecule has 17 heavy (non-hydrogen) atoms. The lowest BCUT2D eigenvalue weighted by atomic mass is 10.2. The van der Waals surface area contributed by atoms with E-state index in [1.54, 1.807) is 36.4 Å². The number of benzene rings is 1. The van der Waals surface area contributed by atoms with Gasteiger partial charge in [-0.15, -0.1) is 0 Å². The molecular weight excluding hydrogens is 236 g/mol. The smallest absolute Gasteiger partial charge is 0.186 e. The molecule has 1 N–H and O–H groups in total. The number of rotatable bonds is 2. The van der Waals surface area contributed by atoms with E-state index in [4.69, 9.17) is 11.6 Å². The molecule has 0 bridgehead atoms. The van der Waals surface area contributed by atoms with Gasteiger partial charge in [0, 0.05) is 11.4 Å². The summed E-state index contributed by atoms with van der Waals surface area (Å²) in [5.74, 6) is -0.00327. The van der Waals surface area contributed by atoms with Gasteiger partial charge in [-0.05, 0) is 30.3 Å². The first-order valence-electron chi connectivity index (χ1n) is 5.21. The zero-order chi connectivity index (χ0) is 12.1. The molecule has 0 unspecified atom stereocenters. The number of Topliss-reactive ketones (excluding diaryl/α,β-unsaturated/α-hetero) is 1. The lowest BCUT2D eigenvalue weighted by molar-refractivity contribution is -0.112. The van der Waals surface area contributed by atoms with E-state index in [2.05, 4.69) is 10.5 Å². The van der Waals surface area contributed by atoms with Crippen molar-refractivity contribution < 1.29 is 4.79 Å². The highest BCUT2D eigenvalue weighted by Crippen LogP contribution is 2.13. The normalized spacial score (nSPS) is 17.2. The Morgan fingerprint density at radius 3 is 2.71 bits per heavy atom. The molecular formula is C13H11ClN2O. The van der Waals surface area contributed by atoms with Crippen molar-refractivity contribution in [2.24, 2.45) is 5.10 Å². The standard InChI is InChI=1S/C13H11ClN2O/c14-10-6-8-11(9-7-10)15-16-12-4-2-1-3-5-13(12)17/h1-4,6-9,15H,5H2/b16-12-. The number of carbonyl (C=O) groups is 1. The van der Waals surface area contributed by atoms with E-state index >= 15 is 0 Å². The van der Waals surface area contributed by atoms with E-state index in [0.717, 1.165) is 5.69 Å². The average molecular weight is 247 g/mol. The minimum Gasteiger partial charge on any atom is -0.292 e. The first-order valence-corrected chi connectivity index (χ1v) is 5.59. The lowest BCUT2D eigenvalue weighted by Crippen LogP contribution is -2.11. The molecule has 0 saturated carbocycles. The molecule has 0 aromatic heterocycles. The van der Waals surface area contributed by atoms with Crippen LogP contribution in [-0.2, 0) is 4.79 Å². The maximum atomic E-state index is 11.6. The second kappa shape index (κ2) is 5.46. The molecule has 1 aromatic carbocycles. The number of anilines is 1. The molecule has 0 fully saturated rings. The number of nitrogens with zero attached hydrogens (tertiary/aromatic N) is 1. The van der Waals surface area contributed by atoms with Gasteiger partial charge in [0.15, 0.2) is 5.78 Å². The predicted octanol–water partition coefficient (Wildman–Crippen LogP) is 3.19. The van der Waals surface area contributed by atoms with Crippen molar-refractivity contribution in [1.29, 1.82) is 0 Å². The lowest BCUT2D eigenvalue weighted by Gasteiger charge is -2.02. The first-order chi connectivity index (χ1) is 8.25. The van der Waals surface area contributed by atoms with Crippen LogP contribution in [0.1, 0.15) is 6.42 Å². The van der Waals surface area contributed by atoms with Crippen LogP contribution in [0.25, 0.3) is 0 Å². The highest BCUT2D eigenvalue weighted by Gasteiger charge is 2.07. The van der Waals surface area contributed by atoms with E-state index in [0.29, 0.717) is 17.2 Å². The van der Waals surface area contributed by atoms with Crippen LogP contribution >= 0.6 is 11.6 Å². The minimum atomic E-state index is -0.00327. The van der Waals surface area contributed by atoms with Gasteiger partial charge in [0.1, 0.15) is 5.71 Å². The molecule has 0 spiro atoms. The number of hydrogen-bond donors (Lipinski definition) is 1. The van der Waals surface area contributed by atoms with Crippen molar-refractivity contribution in [3.63, 3.8) is 0 Å². The summed E-state index contributed by atoms with van der Waals surface area (Å²) >= 11 is 5.77. The zero-order valence-corrected chi connectivity index (χ0v) is 9.82. The average Bonchev–Trinajstić information content (AvgIpc) is 2.54. The topological polar surface area (TPSA) is 41.5 Å². The summed E-state index contributed by atoms with van der Waals surface area (Å²) in [5.41, 5.74) is 4.04. The Hall–Kier alpha value is -1.87. The van der Waals surface area contributed by atoms with Crippen molar-refractivity contribution >= 4 is 28.8 Å². The number of ketones is 1. The van der Waals surface area contributed by atoms with Gasteiger partial charge in [-0.2, -0.15) is 5.10 Å². The van der Waals surface area contributed by atoms with E-state index in [1.165, 1.54) is 0 Å². The van der Waals surface area contributed by atoms with Crippen LogP contribution < -0.4 is 5.43 Å². The third-order valence-electron chi connectivity index (χ3n) is 2.24. The Labute approximate surface area is 104 Å². The van der Waals surface area contributed by atoms with Crippen molar-refractivity contribution in [3.05, 3.63) is 53.6 Å². The summed E-state index contributed by atoms with van der Waals surface area (Å²) in [4.78, 5) is 11.6. The fourth-order valence-electron chi connectivity index (χ4n) is 1.35. The number of nitrogens with one attached hydrogen (secondary N) is 1. The Bertz CT molecular complexity index is 501. The first kappa shape index (κ1) is 11.6. The van der Waals surface area contributed by atoms with E-state index in [9.17, 15) is 4.79 Å². The Morgan fingerprint density at radius 1 is 1.18 bits per heavy atom. The van der Waals surface area contributed by atoms with Gasteiger partial charge in [0.2, 0.25) is 0 Å². The monoisotopic (exact) mass is 246 g/mol. The molecule has 0 heterocycles. The molecule has 0 amide bonds. The highest BCUT2D eigenvalue weighted by molar-refractivity contribution is 6.44. The predicted molar refractivity (Wildman–Crippen MR) is 70.4 cm³/mol. The molecule has 1 aromatic rings.